The minimum atomic E-state index is -1.61. The number of aliphatic hydroxyl groups excluding tert-OH is 1. The molecule has 1 aromatic rings. The lowest BCUT2D eigenvalue weighted by atomic mass is 9.59. The Morgan fingerprint density at radius 3 is 2.63 bits per heavy atom. The standard InChI is InChI=1S/C31H39NO6/c1-19-10-8-14-24(34)16-17-27(35)38-31-25(15-9-11-19)29(37-22(4)33)21(3)20(2)28(31)26(32-30(31)36)18-23-12-6-5-7-13-23/h5-7,9,12-13,15-17,19-20,24-26,28-29,34H,3,8,10-11,14,18H2,1-2,4H3,(H,32,36)/t19-,20-,24-,25+,26+,28+,29-,31-/m1/s1. The highest BCUT2D eigenvalue weighted by atomic mass is 16.6. The highest BCUT2D eigenvalue weighted by Gasteiger charge is 2.68. The van der Waals surface area contributed by atoms with E-state index in [2.05, 4.69) is 18.8 Å². The van der Waals surface area contributed by atoms with Crippen LogP contribution in [0.3, 0.4) is 0 Å². The second-order valence-electron chi connectivity index (χ2n) is 11.1. The van der Waals surface area contributed by atoms with Crippen molar-refractivity contribution in [3.8, 4) is 0 Å². The molecular formula is C31H39NO6. The fourth-order valence-corrected chi connectivity index (χ4v) is 6.40. The molecule has 3 aliphatic rings. The first-order valence-electron chi connectivity index (χ1n) is 13.6. The van der Waals surface area contributed by atoms with Gasteiger partial charge in [-0.25, -0.2) is 4.79 Å². The first-order valence-corrected chi connectivity index (χ1v) is 13.6. The molecule has 1 spiro atoms. The van der Waals surface area contributed by atoms with Crippen molar-refractivity contribution < 1.29 is 29.0 Å². The van der Waals surface area contributed by atoms with Gasteiger partial charge in [-0.1, -0.05) is 75.8 Å². The summed E-state index contributed by atoms with van der Waals surface area (Å²) in [6.07, 6.45) is 8.47. The lowest BCUT2D eigenvalue weighted by molar-refractivity contribution is -0.186. The summed E-state index contributed by atoms with van der Waals surface area (Å²) in [4.78, 5) is 39.4. The van der Waals surface area contributed by atoms with Crippen LogP contribution in [0.25, 0.3) is 0 Å². The number of allylic oxidation sites excluding steroid dienone is 1. The van der Waals surface area contributed by atoms with E-state index in [1.807, 2.05) is 49.4 Å². The summed E-state index contributed by atoms with van der Waals surface area (Å²) in [5, 5.41) is 13.5. The van der Waals surface area contributed by atoms with E-state index < -0.39 is 47.5 Å². The summed E-state index contributed by atoms with van der Waals surface area (Å²) in [5.41, 5.74) is 0.128. The molecule has 1 aliphatic carbocycles. The Morgan fingerprint density at radius 2 is 1.92 bits per heavy atom. The molecule has 0 aromatic heterocycles. The Labute approximate surface area is 225 Å². The molecule has 1 amide bonds. The van der Waals surface area contributed by atoms with Gasteiger partial charge in [0.1, 0.15) is 6.10 Å². The van der Waals surface area contributed by atoms with Gasteiger partial charge in [-0.15, -0.1) is 0 Å². The predicted octanol–water partition coefficient (Wildman–Crippen LogP) is 4.06. The molecule has 0 bridgehead atoms. The molecule has 1 saturated heterocycles. The van der Waals surface area contributed by atoms with E-state index in [9.17, 15) is 19.5 Å². The van der Waals surface area contributed by atoms with E-state index in [1.54, 1.807) is 0 Å². The molecule has 38 heavy (non-hydrogen) atoms. The summed E-state index contributed by atoms with van der Waals surface area (Å²) in [6.45, 7) is 9.72. The zero-order valence-electron chi connectivity index (χ0n) is 22.5. The quantitative estimate of drug-likeness (QED) is 0.460. The van der Waals surface area contributed by atoms with Crippen molar-refractivity contribution in [3.05, 3.63) is 72.4 Å². The molecular weight excluding hydrogens is 482 g/mol. The van der Waals surface area contributed by atoms with Crippen molar-refractivity contribution >= 4 is 17.8 Å². The van der Waals surface area contributed by atoms with E-state index in [4.69, 9.17) is 9.47 Å². The van der Waals surface area contributed by atoms with E-state index in [1.165, 1.54) is 19.1 Å². The zero-order valence-corrected chi connectivity index (χ0v) is 22.5. The first kappa shape index (κ1) is 27.8. The van der Waals surface area contributed by atoms with Crippen LogP contribution in [-0.2, 0) is 30.3 Å². The lowest BCUT2D eigenvalue weighted by Crippen LogP contribution is -2.62. The van der Waals surface area contributed by atoms with Crippen LogP contribution in [0.4, 0.5) is 0 Å². The molecule has 2 heterocycles. The minimum absolute atomic E-state index is 0.295. The van der Waals surface area contributed by atoms with Crippen LogP contribution in [0.5, 0.6) is 0 Å². The Kier molecular flexibility index (Phi) is 8.56. The number of hydrogen-bond acceptors (Lipinski definition) is 6. The third-order valence-electron chi connectivity index (χ3n) is 8.30. The molecule has 1 aromatic carbocycles. The van der Waals surface area contributed by atoms with Gasteiger partial charge in [-0.05, 0) is 48.3 Å². The zero-order chi connectivity index (χ0) is 27.4. The maximum absolute atomic E-state index is 14.0. The molecule has 1 saturated carbocycles. The largest absolute Gasteiger partial charge is 0.457 e. The fraction of sp³-hybridized carbons (Fsp3) is 0.516. The molecule has 2 N–H and O–H groups in total. The number of carbonyl (C=O) groups excluding carboxylic acids is 3. The first-order chi connectivity index (χ1) is 18.1. The van der Waals surface area contributed by atoms with Crippen molar-refractivity contribution in [2.24, 2.45) is 23.7 Å². The number of hydrogen-bond donors (Lipinski definition) is 2. The smallest absolute Gasteiger partial charge is 0.331 e. The normalized spacial score (nSPS) is 35.9. The van der Waals surface area contributed by atoms with Gasteiger partial charge in [0.2, 0.25) is 5.60 Å². The molecule has 2 fully saturated rings. The van der Waals surface area contributed by atoms with Crippen molar-refractivity contribution in [2.75, 3.05) is 0 Å². The highest BCUT2D eigenvalue weighted by Crippen LogP contribution is 2.53. The molecule has 8 atom stereocenters. The molecule has 0 unspecified atom stereocenters. The van der Waals surface area contributed by atoms with E-state index in [0.29, 0.717) is 24.3 Å². The van der Waals surface area contributed by atoms with Gasteiger partial charge in [-0.2, -0.15) is 0 Å². The molecule has 204 valence electrons. The van der Waals surface area contributed by atoms with E-state index in [0.717, 1.165) is 24.8 Å². The average molecular weight is 522 g/mol. The monoisotopic (exact) mass is 521 g/mol. The van der Waals surface area contributed by atoms with Gasteiger partial charge in [0, 0.05) is 25.0 Å². The Balaban J connectivity index is 1.84. The number of rotatable bonds is 3. The average Bonchev–Trinajstić information content (AvgIpc) is 3.14. The topological polar surface area (TPSA) is 102 Å². The second-order valence-corrected chi connectivity index (χ2v) is 11.1. The number of esters is 2. The third kappa shape index (κ3) is 5.63. The van der Waals surface area contributed by atoms with Crippen LogP contribution >= 0.6 is 0 Å². The van der Waals surface area contributed by atoms with Crippen molar-refractivity contribution in [1.29, 1.82) is 0 Å². The summed E-state index contributed by atoms with van der Waals surface area (Å²) in [6, 6.07) is 9.52. The highest BCUT2D eigenvalue weighted by molar-refractivity contribution is 5.94. The van der Waals surface area contributed by atoms with Gasteiger partial charge in [0.25, 0.3) is 5.91 Å². The van der Waals surface area contributed by atoms with Crippen molar-refractivity contribution in [1.82, 2.24) is 5.32 Å². The number of amides is 1. The summed E-state index contributed by atoms with van der Waals surface area (Å²) < 4.78 is 11.9. The van der Waals surface area contributed by atoms with Crippen LogP contribution < -0.4 is 5.32 Å². The molecule has 7 heteroatoms. The van der Waals surface area contributed by atoms with Gasteiger partial charge in [0.05, 0.1) is 12.0 Å². The number of benzene rings is 1. The van der Waals surface area contributed by atoms with Crippen molar-refractivity contribution in [2.45, 2.75) is 76.7 Å². The second kappa shape index (κ2) is 11.7. The number of ether oxygens (including phenoxy) is 2. The summed E-state index contributed by atoms with van der Waals surface area (Å²) >= 11 is 0. The molecule has 4 rings (SSSR count). The van der Waals surface area contributed by atoms with Gasteiger partial charge in [0.15, 0.2) is 0 Å². The van der Waals surface area contributed by atoms with Crippen LogP contribution in [-0.4, -0.2) is 46.8 Å². The lowest BCUT2D eigenvalue weighted by Gasteiger charge is -2.49. The van der Waals surface area contributed by atoms with Gasteiger partial charge >= 0.3 is 11.9 Å². The molecule has 2 aliphatic heterocycles. The Morgan fingerprint density at radius 1 is 1.18 bits per heavy atom. The van der Waals surface area contributed by atoms with Crippen LogP contribution in [0.15, 0.2) is 66.8 Å². The van der Waals surface area contributed by atoms with Gasteiger partial charge in [-0.3, -0.25) is 9.59 Å². The minimum Gasteiger partial charge on any atom is -0.457 e. The fourth-order valence-electron chi connectivity index (χ4n) is 6.40. The predicted molar refractivity (Wildman–Crippen MR) is 144 cm³/mol. The number of carbonyl (C=O) groups is 3. The Hall–Kier alpha value is -3.19. The Bertz CT molecular complexity index is 1110. The van der Waals surface area contributed by atoms with Crippen LogP contribution in [0.2, 0.25) is 0 Å². The SMILES string of the molecule is C=C1[C@@H](C)[C@H]2[C@H](Cc3ccccc3)NC(=O)[C@]23OC(=O)C=C[C@H](O)CCC[C@@H](C)CC=C[C@H]3[C@@H]1OC(C)=O. The third-order valence-corrected chi connectivity index (χ3v) is 8.30. The van der Waals surface area contributed by atoms with Crippen molar-refractivity contribution in [3.63, 3.8) is 0 Å². The van der Waals surface area contributed by atoms with Crippen LogP contribution in [0, 0.1) is 23.7 Å². The number of nitrogens with one attached hydrogen (secondary N) is 1. The van der Waals surface area contributed by atoms with Gasteiger partial charge < -0.3 is 19.9 Å². The van der Waals surface area contributed by atoms with E-state index in [-0.39, 0.29) is 12.0 Å². The maximum Gasteiger partial charge on any atom is 0.331 e. The number of aliphatic hydroxyl groups is 1. The van der Waals surface area contributed by atoms with Crippen LogP contribution in [0.1, 0.15) is 52.0 Å². The maximum atomic E-state index is 14.0. The summed E-state index contributed by atoms with van der Waals surface area (Å²) in [5.74, 6) is -2.76. The van der Waals surface area contributed by atoms with E-state index >= 15 is 0 Å². The summed E-state index contributed by atoms with van der Waals surface area (Å²) in [7, 11) is 0. The molecule has 0 radical (unpaired) electrons. The molecule has 7 nitrogen and oxygen atoms in total.